The van der Waals surface area contributed by atoms with Gasteiger partial charge in [-0.05, 0) is 64.0 Å². The molecular weight excluding hydrogens is 280 g/mol. The zero-order chi connectivity index (χ0) is 14.7. The van der Waals surface area contributed by atoms with Crippen molar-refractivity contribution in [2.75, 3.05) is 19.6 Å². The van der Waals surface area contributed by atoms with Crippen molar-refractivity contribution in [1.82, 2.24) is 10.2 Å². The van der Waals surface area contributed by atoms with E-state index >= 15 is 0 Å². The van der Waals surface area contributed by atoms with Gasteiger partial charge >= 0.3 is 0 Å². The minimum absolute atomic E-state index is 0.363. The normalized spacial score (nSPS) is 17.4. The van der Waals surface area contributed by atoms with Gasteiger partial charge in [0.15, 0.2) is 0 Å². The van der Waals surface area contributed by atoms with E-state index < -0.39 is 0 Å². The summed E-state index contributed by atoms with van der Waals surface area (Å²) in [7, 11) is 0. The monoisotopic (exact) mass is 304 g/mol. The minimum atomic E-state index is 0.363. The summed E-state index contributed by atoms with van der Waals surface area (Å²) in [5.41, 5.74) is 0. The molecule has 0 spiro atoms. The van der Waals surface area contributed by atoms with Crippen molar-refractivity contribution in [3.05, 3.63) is 45.5 Å². The molecule has 1 aliphatic heterocycles. The van der Waals surface area contributed by atoms with Crippen molar-refractivity contribution >= 4 is 11.3 Å². The second-order valence-corrected chi connectivity index (χ2v) is 7.22. The fourth-order valence-corrected chi connectivity index (χ4v) is 3.87. The number of likely N-dealkylation sites (tertiary alicyclic amines) is 1. The maximum absolute atomic E-state index is 5.89. The Kier molecular flexibility index (Phi) is 4.78. The molecule has 1 saturated heterocycles. The number of furan rings is 1. The Morgan fingerprint density at radius 2 is 2.00 bits per heavy atom. The third-order valence-corrected chi connectivity index (χ3v) is 5.10. The second-order valence-electron chi connectivity index (χ2n) is 5.85. The van der Waals surface area contributed by atoms with Gasteiger partial charge < -0.3 is 9.73 Å². The summed E-state index contributed by atoms with van der Waals surface area (Å²) in [6.45, 7) is 8.44. The maximum atomic E-state index is 5.89. The average Bonchev–Trinajstić information content (AvgIpc) is 3.17. The van der Waals surface area contributed by atoms with Crippen molar-refractivity contribution in [2.24, 2.45) is 0 Å². The fraction of sp³-hybridized carbons (Fsp3) is 0.529. The molecule has 0 radical (unpaired) electrons. The molecule has 0 aromatic carbocycles. The Morgan fingerprint density at radius 1 is 1.19 bits per heavy atom. The van der Waals surface area contributed by atoms with E-state index in [4.69, 9.17) is 4.42 Å². The van der Waals surface area contributed by atoms with Crippen LogP contribution >= 0.6 is 11.3 Å². The summed E-state index contributed by atoms with van der Waals surface area (Å²) in [5.74, 6) is 2.10. The second kappa shape index (κ2) is 6.77. The SMILES string of the molecule is Cc1ccc(C(CNCc2ccc(C)s2)N2CCCC2)o1. The molecule has 3 nitrogen and oxygen atoms in total. The van der Waals surface area contributed by atoms with Crippen molar-refractivity contribution in [2.45, 2.75) is 39.3 Å². The van der Waals surface area contributed by atoms with E-state index in [9.17, 15) is 0 Å². The number of hydrogen-bond donors (Lipinski definition) is 1. The van der Waals surface area contributed by atoms with Crippen LogP contribution in [0.1, 0.15) is 40.2 Å². The van der Waals surface area contributed by atoms with Gasteiger partial charge in [-0.3, -0.25) is 4.90 Å². The Labute approximate surface area is 131 Å². The summed E-state index contributed by atoms with van der Waals surface area (Å²) >= 11 is 1.87. The molecular formula is C17H24N2OS. The lowest BCUT2D eigenvalue weighted by Gasteiger charge is -2.26. The number of rotatable bonds is 6. The first-order chi connectivity index (χ1) is 10.2. The number of nitrogens with one attached hydrogen (secondary N) is 1. The number of hydrogen-bond acceptors (Lipinski definition) is 4. The van der Waals surface area contributed by atoms with Gasteiger partial charge in [-0.15, -0.1) is 11.3 Å². The van der Waals surface area contributed by atoms with E-state index in [2.05, 4.69) is 41.4 Å². The Morgan fingerprint density at radius 3 is 2.62 bits per heavy atom. The van der Waals surface area contributed by atoms with Crippen LogP contribution in [0.3, 0.4) is 0 Å². The Balaban J connectivity index is 1.62. The lowest BCUT2D eigenvalue weighted by molar-refractivity contribution is 0.207. The third kappa shape index (κ3) is 3.76. The third-order valence-electron chi connectivity index (χ3n) is 4.10. The lowest BCUT2D eigenvalue weighted by atomic mass is 10.2. The molecule has 3 rings (SSSR count). The predicted octanol–water partition coefficient (Wildman–Crippen LogP) is 3.88. The molecule has 3 heterocycles. The molecule has 0 aliphatic carbocycles. The molecule has 0 saturated carbocycles. The summed E-state index contributed by atoms with van der Waals surface area (Å²) in [6.07, 6.45) is 2.61. The molecule has 2 aromatic heterocycles. The van der Waals surface area contributed by atoms with Gasteiger partial charge in [-0.2, -0.15) is 0 Å². The van der Waals surface area contributed by atoms with Crippen LogP contribution < -0.4 is 5.32 Å². The van der Waals surface area contributed by atoms with E-state index in [0.717, 1.165) is 24.6 Å². The first kappa shape index (κ1) is 14.8. The van der Waals surface area contributed by atoms with Crippen LogP contribution in [0.5, 0.6) is 0 Å². The number of aryl methyl sites for hydroxylation is 2. The minimum Gasteiger partial charge on any atom is -0.465 e. The van der Waals surface area contributed by atoms with Gasteiger partial charge in [0.1, 0.15) is 11.5 Å². The Bertz CT molecular complexity index is 569. The smallest absolute Gasteiger partial charge is 0.122 e. The topological polar surface area (TPSA) is 28.4 Å². The standard InChI is InChI=1S/C17H24N2OS/c1-13-5-8-17(20-13)16(19-9-3-4-10-19)12-18-11-15-7-6-14(2)21-15/h5-8,16,18H,3-4,9-12H2,1-2H3. The molecule has 1 fully saturated rings. The van der Waals surface area contributed by atoms with Crippen LogP contribution in [0.4, 0.5) is 0 Å². The van der Waals surface area contributed by atoms with Crippen LogP contribution in [-0.4, -0.2) is 24.5 Å². The van der Waals surface area contributed by atoms with Crippen molar-refractivity contribution < 1.29 is 4.42 Å². The maximum Gasteiger partial charge on any atom is 0.122 e. The van der Waals surface area contributed by atoms with Crippen LogP contribution in [0.15, 0.2) is 28.7 Å². The molecule has 0 bridgehead atoms. The number of thiophene rings is 1. The molecule has 2 aromatic rings. The van der Waals surface area contributed by atoms with E-state index in [0.29, 0.717) is 6.04 Å². The van der Waals surface area contributed by atoms with Gasteiger partial charge in [0.2, 0.25) is 0 Å². The first-order valence-corrected chi connectivity index (χ1v) is 8.60. The van der Waals surface area contributed by atoms with E-state index in [1.807, 2.05) is 18.3 Å². The van der Waals surface area contributed by atoms with E-state index in [-0.39, 0.29) is 0 Å². The zero-order valence-corrected chi connectivity index (χ0v) is 13.7. The van der Waals surface area contributed by atoms with E-state index in [1.165, 1.54) is 35.7 Å². The molecule has 1 atom stereocenters. The molecule has 4 heteroatoms. The van der Waals surface area contributed by atoms with Gasteiger partial charge in [0, 0.05) is 22.8 Å². The predicted molar refractivity (Wildman–Crippen MR) is 87.8 cm³/mol. The highest BCUT2D eigenvalue weighted by Crippen LogP contribution is 2.26. The van der Waals surface area contributed by atoms with Crippen molar-refractivity contribution in [1.29, 1.82) is 0 Å². The van der Waals surface area contributed by atoms with Crippen LogP contribution in [0.2, 0.25) is 0 Å². The molecule has 1 N–H and O–H groups in total. The van der Waals surface area contributed by atoms with Gasteiger partial charge in [-0.1, -0.05) is 0 Å². The van der Waals surface area contributed by atoms with E-state index in [1.54, 1.807) is 0 Å². The lowest BCUT2D eigenvalue weighted by Crippen LogP contribution is -2.33. The molecule has 0 amide bonds. The average molecular weight is 304 g/mol. The fourth-order valence-electron chi connectivity index (χ4n) is 3.01. The largest absolute Gasteiger partial charge is 0.465 e. The highest BCUT2D eigenvalue weighted by Gasteiger charge is 2.25. The van der Waals surface area contributed by atoms with Gasteiger partial charge in [0.25, 0.3) is 0 Å². The summed E-state index contributed by atoms with van der Waals surface area (Å²) < 4.78 is 5.89. The zero-order valence-electron chi connectivity index (χ0n) is 12.9. The highest BCUT2D eigenvalue weighted by molar-refractivity contribution is 7.11. The van der Waals surface area contributed by atoms with Gasteiger partial charge in [-0.25, -0.2) is 0 Å². The Hall–Kier alpha value is -1.10. The first-order valence-electron chi connectivity index (χ1n) is 7.79. The highest BCUT2D eigenvalue weighted by atomic mass is 32.1. The van der Waals surface area contributed by atoms with Gasteiger partial charge in [0.05, 0.1) is 6.04 Å². The number of nitrogens with zero attached hydrogens (tertiary/aromatic N) is 1. The molecule has 1 unspecified atom stereocenters. The van der Waals surface area contributed by atoms with Crippen LogP contribution in [-0.2, 0) is 6.54 Å². The van der Waals surface area contributed by atoms with Crippen molar-refractivity contribution in [3.8, 4) is 0 Å². The summed E-state index contributed by atoms with van der Waals surface area (Å²) in [4.78, 5) is 5.33. The molecule has 114 valence electrons. The van der Waals surface area contributed by atoms with Crippen LogP contribution in [0.25, 0.3) is 0 Å². The van der Waals surface area contributed by atoms with Crippen LogP contribution in [0, 0.1) is 13.8 Å². The molecule has 21 heavy (non-hydrogen) atoms. The quantitative estimate of drug-likeness (QED) is 0.878. The summed E-state index contributed by atoms with van der Waals surface area (Å²) in [6, 6.07) is 8.98. The summed E-state index contributed by atoms with van der Waals surface area (Å²) in [5, 5.41) is 3.61. The van der Waals surface area contributed by atoms with Crippen molar-refractivity contribution in [3.63, 3.8) is 0 Å². The molecule has 1 aliphatic rings.